The van der Waals surface area contributed by atoms with Crippen molar-refractivity contribution >= 4 is 5.97 Å². The molecule has 4 aromatic rings. The van der Waals surface area contributed by atoms with Gasteiger partial charge in [-0.15, -0.1) is 0 Å². The molecule has 5 nitrogen and oxygen atoms in total. The molecule has 0 bridgehead atoms. The molecule has 0 spiro atoms. The number of fused-ring (bicyclic) bond motifs is 2. The molecule has 6 rings (SSSR count). The summed E-state index contributed by atoms with van der Waals surface area (Å²) in [5.74, 6) is -0.0401. The molecule has 1 N–H and O–H groups in total. The van der Waals surface area contributed by atoms with Gasteiger partial charge in [0.2, 0.25) is 0 Å². The largest absolute Gasteiger partial charge is 0.492 e. The summed E-state index contributed by atoms with van der Waals surface area (Å²) in [6.45, 7) is 6.53. The maximum absolute atomic E-state index is 15.3. The fraction of sp³-hybridized carbons (Fsp3) is 0.273. The number of rotatable bonds is 6. The van der Waals surface area contributed by atoms with Crippen LogP contribution in [-0.2, 0) is 11.2 Å². The minimum atomic E-state index is -0.849. The molecule has 2 aliphatic rings. The van der Waals surface area contributed by atoms with Gasteiger partial charge in [0, 0.05) is 40.6 Å². The molecule has 1 aromatic heterocycles. The van der Waals surface area contributed by atoms with E-state index in [0.717, 1.165) is 56.6 Å². The third-order valence-electron chi connectivity index (χ3n) is 7.89. The first-order valence-electron chi connectivity index (χ1n) is 13.3. The van der Waals surface area contributed by atoms with E-state index in [-0.39, 0.29) is 18.2 Å². The zero-order valence-electron chi connectivity index (χ0n) is 22.3. The second-order valence-corrected chi connectivity index (χ2v) is 10.6. The Labute approximate surface area is 227 Å². The summed E-state index contributed by atoms with van der Waals surface area (Å²) in [5.41, 5.74) is 10.1. The third kappa shape index (κ3) is 4.65. The second kappa shape index (κ2) is 9.84. The molecule has 3 aromatic carbocycles. The molecule has 39 heavy (non-hydrogen) atoms. The Morgan fingerprint density at radius 1 is 1.05 bits per heavy atom. The molecule has 6 heteroatoms. The Hall–Kier alpha value is -4.19. The van der Waals surface area contributed by atoms with E-state index in [2.05, 4.69) is 37.0 Å². The van der Waals surface area contributed by atoms with Crippen LogP contribution < -0.4 is 9.47 Å². The van der Waals surface area contributed by atoms with E-state index in [1.54, 1.807) is 12.1 Å². The number of nitrogens with zero attached hydrogens (tertiary/aromatic N) is 1. The average Bonchev–Trinajstić information content (AvgIpc) is 3.50. The minimum Gasteiger partial charge on any atom is -0.492 e. The molecular formula is C33H30FNO4. The molecule has 0 unspecified atom stereocenters. The highest BCUT2D eigenvalue weighted by atomic mass is 19.1. The third-order valence-corrected chi connectivity index (χ3v) is 7.89. The van der Waals surface area contributed by atoms with Gasteiger partial charge in [-0.3, -0.25) is 9.78 Å². The number of aliphatic carboxylic acids is 1. The highest BCUT2D eigenvalue weighted by molar-refractivity contribution is 5.79. The molecule has 2 heterocycles. The number of carboxylic acids is 1. The van der Waals surface area contributed by atoms with E-state index >= 15 is 4.39 Å². The van der Waals surface area contributed by atoms with Crippen molar-refractivity contribution in [2.45, 2.75) is 52.1 Å². The van der Waals surface area contributed by atoms with Gasteiger partial charge < -0.3 is 14.6 Å². The number of carbonyl (C=O) groups is 1. The van der Waals surface area contributed by atoms with Crippen LogP contribution >= 0.6 is 0 Å². The summed E-state index contributed by atoms with van der Waals surface area (Å²) in [5, 5.41) is 9.16. The second-order valence-electron chi connectivity index (χ2n) is 10.6. The minimum absolute atomic E-state index is 0.0267. The Balaban J connectivity index is 1.31. The molecule has 0 saturated heterocycles. The first-order valence-corrected chi connectivity index (χ1v) is 13.3. The summed E-state index contributed by atoms with van der Waals surface area (Å²) < 4.78 is 27.3. The fourth-order valence-corrected chi connectivity index (χ4v) is 6.09. The number of carboxylic acid groups (broad SMARTS) is 1. The highest BCUT2D eigenvalue weighted by Crippen LogP contribution is 2.45. The number of pyridine rings is 1. The molecule has 0 saturated carbocycles. The Morgan fingerprint density at radius 3 is 2.56 bits per heavy atom. The summed E-state index contributed by atoms with van der Waals surface area (Å²) in [6, 6.07) is 17.4. The van der Waals surface area contributed by atoms with Crippen molar-refractivity contribution in [2.24, 2.45) is 0 Å². The number of aromatic nitrogens is 1. The van der Waals surface area contributed by atoms with Crippen molar-refractivity contribution in [3.05, 3.63) is 100 Å². The fourth-order valence-electron chi connectivity index (χ4n) is 6.09. The van der Waals surface area contributed by atoms with Gasteiger partial charge in [0.15, 0.2) is 0 Å². The van der Waals surface area contributed by atoms with Crippen LogP contribution in [0.15, 0.2) is 60.8 Å². The van der Waals surface area contributed by atoms with Crippen LogP contribution in [0, 0.1) is 26.6 Å². The lowest BCUT2D eigenvalue weighted by molar-refractivity contribution is -0.137. The quantitative estimate of drug-likeness (QED) is 0.283. The Bertz CT molecular complexity index is 1570. The predicted octanol–water partition coefficient (Wildman–Crippen LogP) is 7.50. The van der Waals surface area contributed by atoms with E-state index in [9.17, 15) is 4.79 Å². The zero-order valence-corrected chi connectivity index (χ0v) is 22.3. The number of hydrogen-bond donors (Lipinski definition) is 1. The number of benzene rings is 3. The van der Waals surface area contributed by atoms with Crippen LogP contribution in [0.5, 0.6) is 11.5 Å². The first-order chi connectivity index (χ1) is 18.8. The molecule has 0 fully saturated rings. The molecule has 0 radical (unpaired) electrons. The van der Waals surface area contributed by atoms with Gasteiger partial charge in [-0.1, -0.05) is 30.3 Å². The van der Waals surface area contributed by atoms with Crippen LogP contribution in [0.3, 0.4) is 0 Å². The smallest absolute Gasteiger partial charge is 0.304 e. The normalized spacial score (nSPS) is 17.4. The van der Waals surface area contributed by atoms with E-state index in [0.29, 0.717) is 30.1 Å². The van der Waals surface area contributed by atoms with Gasteiger partial charge in [0.25, 0.3) is 0 Å². The zero-order chi connectivity index (χ0) is 27.3. The van der Waals surface area contributed by atoms with Crippen molar-refractivity contribution in [2.75, 3.05) is 6.61 Å². The Morgan fingerprint density at radius 2 is 1.85 bits per heavy atom. The molecule has 2 atom stereocenters. The summed E-state index contributed by atoms with van der Waals surface area (Å²) in [4.78, 5) is 15.6. The lowest BCUT2D eigenvalue weighted by atomic mass is 9.88. The highest BCUT2D eigenvalue weighted by Gasteiger charge is 2.32. The van der Waals surface area contributed by atoms with Crippen LogP contribution in [0.2, 0.25) is 0 Å². The standard InChI is InChI=1S/C33H30FNO4/c1-18-12-22(21-5-4-20(3)35-16-21)13-19(2)32(18)26-8-10-28(34)33-27(26)9-11-29(33)39-24-6-7-25-23(14-31(36)37)17-38-30(25)15-24/h4-8,10,12-13,15-16,23,29H,9,11,14,17H2,1-3H3,(H,36,37)/t23-,29-/m1/s1. The first kappa shape index (κ1) is 25.1. The predicted molar refractivity (Wildman–Crippen MR) is 148 cm³/mol. The number of ether oxygens (including phenoxy) is 2. The van der Waals surface area contributed by atoms with Crippen molar-refractivity contribution in [1.82, 2.24) is 4.98 Å². The summed E-state index contributed by atoms with van der Waals surface area (Å²) in [7, 11) is 0. The molecule has 198 valence electrons. The van der Waals surface area contributed by atoms with Crippen molar-refractivity contribution in [3.8, 4) is 33.8 Å². The Kier molecular flexibility index (Phi) is 6.34. The van der Waals surface area contributed by atoms with Crippen molar-refractivity contribution in [1.29, 1.82) is 0 Å². The van der Waals surface area contributed by atoms with Crippen LogP contribution in [0.25, 0.3) is 22.3 Å². The van der Waals surface area contributed by atoms with E-state index in [1.165, 1.54) is 0 Å². The van der Waals surface area contributed by atoms with E-state index in [4.69, 9.17) is 14.6 Å². The lowest BCUT2D eigenvalue weighted by Gasteiger charge is -2.19. The van der Waals surface area contributed by atoms with Gasteiger partial charge in [-0.2, -0.15) is 0 Å². The molecule has 1 aliphatic carbocycles. The number of hydrogen-bond acceptors (Lipinski definition) is 4. The monoisotopic (exact) mass is 523 g/mol. The SMILES string of the molecule is Cc1ccc(-c2cc(C)c(-c3ccc(F)c4c3CC[C@H]4Oc3ccc4c(c3)OC[C@H]4CC(=O)O)c(C)c2)cn1. The number of halogens is 1. The van der Waals surface area contributed by atoms with Crippen LogP contribution in [0.4, 0.5) is 4.39 Å². The summed E-state index contributed by atoms with van der Waals surface area (Å²) >= 11 is 0. The van der Waals surface area contributed by atoms with Gasteiger partial charge in [-0.25, -0.2) is 4.39 Å². The van der Waals surface area contributed by atoms with Gasteiger partial charge in [-0.05, 0) is 85.2 Å². The van der Waals surface area contributed by atoms with Gasteiger partial charge >= 0.3 is 5.97 Å². The number of aryl methyl sites for hydroxylation is 3. The molecular weight excluding hydrogens is 493 g/mol. The van der Waals surface area contributed by atoms with E-state index in [1.807, 2.05) is 37.4 Å². The lowest BCUT2D eigenvalue weighted by Crippen LogP contribution is -2.07. The molecule has 1 aliphatic heterocycles. The van der Waals surface area contributed by atoms with Gasteiger partial charge in [0.1, 0.15) is 23.4 Å². The van der Waals surface area contributed by atoms with Crippen molar-refractivity contribution in [3.63, 3.8) is 0 Å². The summed E-state index contributed by atoms with van der Waals surface area (Å²) in [6.07, 6.45) is 2.91. The average molecular weight is 524 g/mol. The molecule has 0 amide bonds. The van der Waals surface area contributed by atoms with Gasteiger partial charge in [0.05, 0.1) is 13.0 Å². The topological polar surface area (TPSA) is 68.7 Å². The van der Waals surface area contributed by atoms with Crippen LogP contribution in [-0.4, -0.2) is 22.7 Å². The van der Waals surface area contributed by atoms with Crippen molar-refractivity contribution < 1.29 is 23.8 Å². The van der Waals surface area contributed by atoms with E-state index < -0.39 is 12.1 Å². The maximum atomic E-state index is 15.3. The van der Waals surface area contributed by atoms with Crippen LogP contribution in [0.1, 0.15) is 58.4 Å². The maximum Gasteiger partial charge on any atom is 0.304 e.